The van der Waals surface area contributed by atoms with Crippen molar-refractivity contribution >= 4 is 34.6 Å². The number of ketones is 1. The molecule has 5 heteroatoms. The van der Waals surface area contributed by atoms with E-state index in [1.807, 2.05) is 6.07 Å². The summed E-state index contributed by atoms with van der Waals surface area (Å²) in [6.45, 7) is 3.68. The molecular formula is C18H20Cl2O3. The lowest BCUT2D eigenvalue weighted by Crippen LogP contribution is -2.14. The van der Waals surface area contributed by atoms with E-state index < -0.39 is 6.29 Å². The van der Waals surface area contributed by atoms with Crippen molar-refractivity contribution in [2.45, 2.75) is 51.7 Å². The van der Waals surface area contributed by atoms with Crippen molar-refractivity contribution in [3.63, 3.8) is 0 Å². The highest BCUT2D eigenvalue weighted by Gasteiger charge is 2.40. The van der Waals surface area contributed by atoms with Crippen LogP contribution in [0.25, 0.3) is 5.57 Å². The van der Waals surface area contributed by atoms with Crippen LogP contribution in [-0.2, 0) is 4.79 Å². The van der Waals surface area contributed by atoms with E-state index in [0.29, 0.717) is 34.1 Å². The number of hydrogen-bond donors (Lipinski definition) is 1. The van der Waals surface area contributed by atoms with Gasteiger partial charge >= 0.3 is 0 Å². The molecular weight excluding hydrogens is 335 g/mol. The number of carbonyl (C=O) groups excluding carboxylic acids is 1. The number of ether oxygens (including phenoxy) is 1. The summed E-state index contributed by atoms with van der Waals surface area (Å²) in [6.07, 6.45) is 4.29. The second-order valence-electron chi connectivity index (χ2n) is 6.29. The zero-order chi connectivity index (χ0) is 16.7. The van der Waals surface area contributed by atoms with E-state index in [1.54, 1.807) is 6.08 Å². The zero-order valence-electron chi connectivity index (χ0n) is 13.2. The van der Waals surface area contributed by atoms with Gasteiger partial charge in [0.2, 0.25) is 0 Å². The van der Waals surface area contributed by atoms with Gasteiger partial charge in [0.25, 0.3) is 0 Å². The summed E-state index contributed by atoms with van der Waals surface area (Å²) >= 11 is 12.8. The molecule has 0 amide bonds. The zero-order valence-corrected chi connectivity index (χ0v) is 14.7. The Kier molecular flexibility index (Phi) is 4.73. The predicted octanol–water partition coefficient (Wildman–Crippen LogP) is 4.97. The van der Waals surface area contributed by atoms with Crippen LogP contribution in [-0.4, -0.2) is 17.2 Å². The van der Waals surface area contributed by atoms with Crippen LogP contribution in [0, 0.1) is 5.92 Å². The molecule has 3 atom stereocenters. The van der Waals surface area contributed by atoms with Crippen molar-refractivity contribution in [2.75, 3.05) is 0 Å². The third-order valence-corrected chi connectivity index (χ3v) is 5.54. The van der Waals surface area contributed by atoms with Crippen LogP contribution in [0.5, 0.6) is 5.75 Å². The second-order valence-corrected chi connectivity index (χ2v) is 7.05. The summed E-state index contributed by atoms with van der Waals surface area (Å²) < 4.78 is 5.40. The van der Waals surface area contributed by atoms with Gasteiger partial charge in [-0.3, -0.25) is 4.79 Å². The Balaban J connectivity index is 2.18. The van der Waals surface area contributed by atoms with Crippen LogP contribution in [0.2, 0.25) is 10.0 Å². The summed E-state index contributed by atoms with van der Waals surface area (Å²) in [5, 5.41) is 10.2. The molecule has 1 aromatic carbocycles. The highest BCUT2D eigenvalue weighted by atomic mass is 35.5. The quantitative estimate of drug-likeness (QED) is 0.776. The van der Waals surface area contributed by atoms with Gasteiger partial charge in [0.05, 0.1) is 5.02 Å². The fraction of sp³-hybridized carbons (Fsp3) is 0.500. The van der Waals surface area contributed by atoms with Crippen molar-refractivity contribution in [3.8, 4) is 5.75 Å². The number of benzene rings is 1. The summed E-state index contributed by atoms with van der Waals surface area (Å²) in [4.78, 5) is 11.9. The first-order valence-corrected chi connectivity index (χ1v) is 8.81. The molecule has 2 aliphatic carbocycles. The number of allylic oxidation sites excluding steroid dienone is 2. The molecule has 3 rings (SSSR count). The molecule has 0 aromatic heterocycles. The largest absolute Gasteiger partial charge is 0.464 e. The number of aliphatic hydroxyl groups excluding tert-OH is 1. The molecule has 1 N–H and O–H groups in total. The molecule has 2 aliphatic rings. The first-order chi connectivity index (χ1) is 10.9. The number of halogens is 2. The molecule has 0 fully saturated rings. The highest BCUT2D eigenvalue weighted by Crippen LogP contribution is 2.56. The minimum Gasteiger partial charge on any atom is -0.464 e. The molecule has 23 heavy (non-hydrogen) atoms. The molecule has 124 valence electrons. The van der Waals surface area contributed by atoms with Crippen LogP contribution in [0.3, 0.4) is 0 Å². The number of fused-ring (bicyclic) bond motifs is 3. The molecule has 3 nitrogen and oxygen atoms in total. The van der Waals surface area contributed by atoms with Gasteiger partial charge in [-0.2, -0.15) is 0 Å². The van der Waals surface area contributed by atoms with Gasteiger partial charge in [0.1, 0.15) is 10.8 Å². The van der Waals surface area contributed by atoms with Gasteiger partial charge < -0.3 is 9.84 Å². The van der Waals surface area contributed by atoms with Crippen LogP contribution >= 0.6 is 23.2 Å². The number of hydrogen-bond acceptors (Lipinski definition) is 3. The molecule has 0 saturated heterocycles. The SMILES string of the molecule is CCCC1c2cc(OC(C)O)c(Cl)c(Cl)c2C2=CC(=O)CCC21. The van der Waals surface area contributed by atoms with E-state index in [1.165, 1.54) is 6.92 Å². The summed E-state index contributed by atoms with van der Waals surface area (Å²) in [6, 6.07) is 1.89. The summed E-state index contributed by atoms with van der Waals surface area (Å²) in [5.74, 6) is 1.19. The fourth-order valence-electron chi connectivity index (χ4n) is 3.84. The van der Waals surface area contributed by atoms with Crippen molar-refractivity contribution in [2.24, 2.45) is 5.92 Å². The van der Waals surface area contributed by atoms with Gasteiger partial charge in [-0.25, -0.2) is 0 Å². The molecule has 0 bridgehead atoms. The smallest absolute Gasteiger partial charge is 0.194 e. The van der Waals surface area contributed by atoms with E-state index in [2.05, 4.69) is 6.92 Å². The average Bonchev–Trinajstić information content (AvgIpc) is 2.78. The van der Waals surface area contributed by atoms with E-state index in [0.717, 1.165) is 36.0 Å². The lowest BCUT2D eigenvalue weighted by molar-refractivity contribution is -0.115. The Morgan fingerprint density at radius 3 is 2.78 bits per heavy atom. The highest BCUT2D eigenvalue weighted by molar-refractivity contribution is 6.44. The van der Waals surface area contributed by atoms with E-state index in [-0.39, 0.29) is 5.78 Å². The van der Waals surface area contributed by atoms with Crippen LogP contribution in [0.15, 0.2) is 12.1 Å². The van der Waals surface area contributed by atoms with Crippen LogP contribution in [0.4, 0.5) is 0 Å². The first-order valence-electron chi connectivity index (χ1n) is 8.05. The Labute approximate surface area is 146 Å². The molecule has 1 aromatic rings. The summed E-state index contributed by atoms with van der Waals surface area (Å²) in [5.41, 5.74) is 3.00. The lowest BCUT2D eigenvalue weighted by atomic mass is 9.80. The number of aliphatic hydroxyl groups is 1. The van der Waals surface area contributed by atoms with Gasteiger partial charge in [-0.05, 0) is 54.9 Å². The maximum atomic E-state index is 11.9. The average molecular weight is 355 g/mol. The van der Waals surface area contributed by atoms with Crippen LogP contribution < -0.4 is 4.74 Å². The standard InChI is InChI=1S/C18H20Cl2O3/c1-3-4-11-12-6-5-10(22)7-13(12)16-14(11)8-15(23-9(2)21)17(19)18(16)20/h7-9,11-12,21H,3-6H2,1-2H3. The maximum Gasteiger partial charge on any atom is 0.194 e. The van der Waals surface area contributed by atoms with Crippen molar-refractivity contribution in [3.05, 3.63) is 33.3 Å². The summed E-state index contributed by atoms with van der Waals surface area (Å²) in [7, 11) is 0. The fourth-order valence-corrected chi connectivity index (χ4v) is 4.35. The molecule has 0 spiro atoms. The predicted molar refractivity (Wildman–Crippen MR) is 92.1 cm³/mol. The van der Waals surface area contributed by atoms with Crippen molar-refractivity contribution < 1.29 is 14.6 Å². The Morgan fingerprint density at radius 1 is 1.39 bits per heavy atom. The minimum atomic E-state index is -0.962. The van der Waals surface area contributed by atoms with Gasteiger partial charge in [0.15, 0.2) is 12.1 Å². The molecule has 0 radical (unpaired) electrons. The lowest BCUT2D eigenvalue weighted by Gasteiger charge is -2.23. The molecule has 0 heterocycles. The Morgan fingerprint density at radius 2 is 2.13 bits per heavy atom. The number of carbonyl (C=O) groups is 1. The molecule has 3 unspecified atom stereocenters. The first kappa shape index (κ1) is 16.8. The Hall–Kier alpha value is -1.03. The molecule has 0 aliphatic heterocycles. The maximum absolute atomic E-state index is 11.9. The molecule has 0 saturated carbocycles. The third kappa shape index (κ3) is 2.90. The van der Waals surface area contributed by atoms with Gasteiger partial charge in [0, 0.05) is 12.0 Å². The van der Waals surface area contributed by atoms with E-state index in [4.69, 9.17) is 27.9 Å². The van der Waals surface area contributed by atoms with E-state index in [9.17, 15) is 9.90 Å². The monoisotopic (exact) mass is 354 g/mol. The van der Waals surface area contributed by atoms with Gasteiger partial charge in [-0.15, -0.1) is 0 Å². The Bertz CT molecular complexity index is 679. The van der Waals surface area contributed by atoms with E-state index >= 15 is 0 Å². The van der Waals surface area contributed by atoms with Gasteiger partial charge in [-0.1, -0.05) is 36.5 Å². The van der Waals surface area contributed by atoms with Crippen molar-refractivity contribution in [1.29, 1.82) is 0 Å². The third-order valence-electron chi connectivity index (χ3n) is 4.69. The van der Waals surface area contributed by atoms with Crippen molar-refractivity contribution in [1.82, 2.24) is 0 Å². The minimum absolute atomic E-state index is 0.149. The topological polar surface area (TPSA) is 46.5 Å². The number of rotatable bonds is 4. The second kappa shape index (κ2) is 6.46. The van der Waals surface area contributed by atoms with Crippen LogP contribution in [0.1, 0.15) is 56.6 Å². The normalized spacial score (nSPS) is 24.0.